The summed E-state index contributed by atoms with van der Waals surface area (Å²) in [6.45, 7) is 4.63. The van der Waals surface area contributed by atoms with Gasteiger partial charge in [0.05, 0.1) is 18.5 Å². The number of nitrogens with zero attached hydrogens (tertiary/aromatic N) is 6. The zero-order chi connectivity index (χ0) is 21.9. The molecule has 2 aliphatic heterocycles. The van der Waals surface area contributed by atoms with Crippen LogP contribution in [0.5, 0.6) is 5.75 Å². The number of ether oxygens (including phenoxy) is 1. The van der Waals surface area contributed by atoms with Crippen molar-refractivity contribution in [3.8, 4) is 5.75 Å². The molecule has 2 fully saturated rings. The first-order chi connectivity index (χ1) is 15.7. The van der Waals surface area contributed by atoms with E-state index in [2.05, 4.69) is 24.8 Å². The summed E-state index contributed by atoms with van der Waals surface area (Å²) in [6.07, 6.45) is 7.30. The molecule has 1 aromatic carbocycles. The molecule has 0 bridgehead atoms. The highest BCUT2D eigenvalue weighted by Gasteiger charge is 2.32. The number of aromatic nitrogens is 3. The van der Waals surface area contributed by atoms with Crippen molar-refractivity contribution in [1.29, 1.82) is 0 Å². The number of carbonyl (C=O) groups excluding carboxylic acids is 1. The van der Waals surface area contributed by atoms with Gasteiger partial charge in [0, 0.05) is 68.9 Å². The first-order valence-electron chi connectivity index (χ1n) is 11.2. The molecule has 2 saturated heterocycles. The highest BCUT2D eigenvalue weighted by molar-refractivity contribution is 5.93. The first kappa shape index (κ1) is 20.5. The molecule has 166 valence electrons. The molecule has 0 aliphatic carbocycles. The molecule has 1 amide bonds. The van der Waals surface area contributed by atoms with Crippen LogP contribution in [0.1, 0.15) is 12.8 Å². The molecule has 1 atom stereocenters. The van der Waals surface area contributed by atoms with E-state index in [1.807, 2.05) is 41.4 Å². The zero-order valence-corrected chi connectivity index (χ0v) is 18.4. The number of fused-ring (bicyclic) bond motifs is 1. The third-order valence-corrected chi connectivity index (χ3v) is 6.46. The highest BCUT2D eigenvalue weighted by Crippen LogP contribution is 2.32. The van der Waals surface area contributed by atoms with Gasteiger partial charge in [0.25, 0.3) is 0 Å². The molecule has 8 heteroatoms. The van der Waals surface area contributed by atoms with Gasteiger partial charge in [-0.2, -0.15) is 0 Å². The van der Waals surface area contributed by atoms with Crippen molar-refractivity contribution in [2.75, 3.05) is 56.2 Å². The van der Waals surface area contributed by atoms with E-state index in [1.54, 1.807) is 19.5 Å². The molecule has 2 aliphatic rings. The Morgan fingerprint density at radius 1 is 0.969 bits per heavy atom. The molecule has 4 heterocycles. The molecular weight excluding hydrogens is 404 g/mol. The van der Waals surface area contributed by atoms with E-state index >= 15 is 0 Å². The monoisotopic (exact) mass is 432 g/mol. The molecular formula is C24H28N6O2. The number of hydrogen-bond acceptors (Lipinski definition) is 7. The molecule has 0 spiro atoms. The lowest BCUT2D eigenvalue weighted by molar-refractivity contribution is -0.136. The Morgan fingerprint density at radius 2 is 1.78 bits per heavy atom. The van der Waals surface area contributed by atoms with Crippen molar-refractivity contribution in [2.24, 2.45) is 5.92 Å². The van der Waals surface area contributed by atoms with E-state index in [1.165, 1.54) is 0 Å². The maximum Gasteiger partial charge on any atom is 0.227 e. The lowest BCUT2D eigenvalue weighted by atomic mass is 9.95. The molecule has 0 N–H and O–H groups in total. The maximum absolute atomic E-state index is 13.4. The molecule has 1 unspecified atom stereocenters. The van der Waals surface area contributed by atoms with Crippen LogP contribution in [0.2, 0.25) is 0 Å². The van der Waals surface area contributed by atoms with Crippen molar-refractivity contribution in [3.05, 3.63) is 48.9 Å². The quantitative estimate of drug-likeness (QED) is 0.627. The number of piperazine rings is 1. The third-order valence-electron chi connectivity index (χ3n) is 6.46. The first-order valence-corrected chi connectivity index (χ1v) is 11.2. The van der Waals surface area contributed by atoms with Gasteiger partial charge in [0.1, 0.15) is 5.75 Å². The average Bonchev–Trinajstić information content (AvgIpc) is 2.88. The second kappa shape index (κ2) is 8.98. The Bertz CT molecular complexity index is 1080. The molecule has 0 saturated carbocycles. The predicted molar refractivity (Wildman–Crippen MR) is 124 cm³/mol. The maximum atomic E-state index is 13.4. The molecule has 32 heavy (non-hydrogen) atoms. The summed E-state index contributed by atoms with van der Waals surface area (Å²) < 4.78 is 5.42. The smallest absolute Gasteiger partial charge is 0.227 e. The Kier molecular flexibility index (Phi) is 5.75. The van der Waals surface area contributed by atoms with Crippen molar-refractivity contribution in [1.82, 2.24) is 19.9 Å². The van der Waals surface area contributed by atoms with Gasteiger partial charge in [0.15, 0.2) is 0 Å². The summed E-state index contributed by atoms with van der Waals surface area (Å²) in [6, 6.07) is 9.82. The van der Waals surface area contributed by atoms with Crippen LogP contribution in [0, 0.1) is 5.92 Å². The summed E-state index contributed by atoms with van der Waals surface area (Å²) in [7, 11) is 1.68. The van der Waals surface area contributed by atoms with Crippen LogP contribution < -0.4 is 14.5 Å². The van der Waals surface area contributed by atoms with E-state index in [0.29, 0.717) is 13.1 Å². The van der Waals surface area contributed by atoms with E-state index in [-0.39, 0.29) is 11.8 Å². The van der Waals surface area contributed by atoms with E-state index in [4.69, 9.17) is 4.74 Å². The Labute approximate surface area is 187 Å². The predicted octanol–water partition coefficient (Wildman–Crippen LogP) is 2.60. The highest BCUT2D eigenvalue weighted by atomic mass is 16.5. The van der Waals surface area contributed by atoms with Gasteiger partial charge in [-0.3, -0.25) is 9.78 Å². The van der Waals surface area contributed by atoms with Crippen molar-refractivity contribution in [3.63, 3.8) is 0 Å². The Balaban J connectivity index is 1.28. The van der Waals surface area contributed by atoms with Crippen LogP contribution in [-0.4, -0.2) is 72.1 Å². The molecule has 0 radical (unpaired) electrons. The number of pyridine rings is 1. The van der Waals surface area contributed by atoms with Crippen LogP contribution in [0.25, 0.3) is 10.9 Å². The molecule has 8 nitrogen and oxygen atoms in total. The van der Waals surface area contributed by atoms with Crippen LogP contribution in [0.15, 0.2) is 48.9 Å². The van der Waals surface area contributed by atoms with E-state index in [9.17, 15) is 4.79 Å². The number of methoxy groups -OCH3 is 1. The van der Waals surface area contributed by atoms with Crippen LogP contribution in [-0.2, 0) is 4.79 Å². The Hall–Kier alpha value is -3.42. The number of amides is 1. The van der Waals surface area contributed by atoms with Gasteiger partial charge in [-0.15, -0.1) is 0 Å². The largest absolute Gasteiger partial charge is 0.497 e. The van der Waals surface area contributed by atoms with Gasteiger partial charge in [-0.1, -0.05) is 0 Å². The van der Waals surface area contributed by atoms with Crippen molar-refractivity contribution < 1.29 is 9.53 Å². The minimum atomic E-state index is 0.0112. The van der Waals surface area contributed by atoms with E-state index < -0.39 is 0 Å². The molecule has 3 aromatic rings. The van der Waals surface area contributed by atoms with Gasteiger partial charge in [-0.25, -0.2) is 9.97 Å². The lowest BCUT2D eigenvalue weighted by Crippen LogP contribution is -2.53. The van der Waals surface area contributed by atoms with Crippen LogP contribution >= 0.6 is 0 Å². The summed E-state index contributed by atoms with van der Waals surface area (Å²) in [5.74, 6) is 1.83. The topological polar surface area (TPSA) is 74.7 Å². The second-order valence-corrected chi connectivity index (χ2v) is 8.36. The standard InChI is InChI=1S/C24H28N6O2/c1-32-19-5-6-21-20(16-19)22(7-10-25-21)30-11-2-4-18(17-30)23(31)28-12-14-29(15-13-28)24-26-8-3-9-27-24/h3,5-10,16,18H,2,4,11-15,17H2,1H3. The average molecular weight is 433 g/mol. The van der Waals surface area contributed by atoms with Crippen LogP contribution in [0.3, 0.4) is 0 Å². The zero-order valence-electron chi connectivity index (χ0n) is 18.4. The fourth-order valence-corrected chi connectivity index (χ4v) is 4.75. The summed E-state index contributed by atoms with van der Waals surface area (Å²) in [5.41, 5.74) is 2.06. The number of benzene rings is 1. The number of carbonyl (C=O) groups is 1. The fraction of sp³-hybridized carbons (Fsp3) is 0.417. The normalized spacial score (nSPS) is 19.3. The van der Waals surface area contributed by atoms with Gasteiger partial charge in [-0.05, 0) is 43.2 Å². The summed E-state index contributed by atoms with van der Waals surface area (Å²) in [5, 5.41) is 1.07. The van der Waals surface area contributed by atoms with Gasteiger partial charge in [0.2, 0.25) is 11.9 Å². The van der Waals surface area contributed by atoms with Crippen LogP contribution in [0.4, 0.5) is 11.6 Å². The second-order valence-electron chi connectivity index (χ2n) is 8.36. The lowest BCUT2D eigenvalue weighted by Gasteiger charge is -2.39. The van der Waals surface area contributed by atoms with Crippen molar-refractivity contribution >= 4 is 28.4 Å². The minimum Gasteiger partial charge on any atom is -0.497 e. The minimum absolute atomic E-state index is 0.0112. The third kappa shape index (κ3) is 4.04. The van der Waals surface area contributed by atoms with Gasteiger partial charge < -0.3 is 19.4 Å². The number of piperidine rings is 1. The molecule has 2 aromatic heterocycles. The fourth-order valence-electron chi connectivity index (χ4n) is 4.75. The number of anilines is 2. The summed E-state index contributed by atoms with van der Waals surface area (Å²) >= 11 is 0. The molecule has 5 rings (SSSR count). The number of hydrogen-bond donors (Lipinski definition) is 0. The SMILES string of the molecule is COc1ccc2nccc(N3CCCC(C(=O)N4CCN(c5ncccn5)CC4)C3)c2c1. The van der Waals surface area contributed by atoms with Crippen molar-refractivity contribution in [2.45, 2.75) is 12.8 Å². The Morgan fingerprint density at radius 3 is 2.56 bits per heavy atom. The van der Waals surface area contributed by atoms with Gasteiger partial charge >= 0.3 is 0 Å². The number of rotatable bonds is 4. The van der Waals surface area contributed by atoms with E-state index in [0.717, 1.165) is 67.3 Å². The summed E-state index contributed by atoms with van der Waals surface area (Å²) in [4.78, 5) is 33.0.